The quantitative estimate of drug-likeness (QED) is 0.725. The summed E-state index contributed by atoms with van der Waals surface area (Å²) in [4.78, 5) is 25.1. The van der Waals surface area contributed by atoms with Crippen molar-refractivity contribution in [2.45, 2.75) is 26.7 Å². The first kappa shape index (κ1) is 14.0. The van der Waals surface area contributed by atoms with E-state index in [-0.39, 0.29) is 23.1 Å². The van der Waals surface area contributed by atoms with Crippen molar-refractivity contribution in [3.05, 3.63) is 0 Å². The Kier molecular flexibility index (Phi) is 4.51. The average molecular weight is 241 g/mol. The Balaban J connectivity index is 2.54. The lowest BCUT2D eigenvalue weighted by atomic mass is 9.91. The minimum absolute atomic E-state index is 0.0268. The van der Waals surface area contributed by atoms with Gasteiger partial charge in [-0.25, -0.2) is 0 Å². The molecule has 1 aliphatic heterocycles. The van der Waals surface area contributed by atoms with E-state index in [1.165, 1.54) is 0 Å². The summed E-state index contributed by atoms with van der Waals surface area (Å²) < 4.78 is 0. The molecule has 0 saturated carbocycles. The lowest BCUT2D eigenvalue weighted by Gasteiger charge is -2.32. The van der Waals surface area contributed by atoms with E-state index in [0.717, 1.165) is 6.42 Å². The van der Waals surface area contributed by atoms with Crippen LogP contribution >= 0.6 is 0 Å². The molecule has 2 amide bonds. The first-order chi connectivity index (χ1) is 7.85. The molecule has 3 N–H and O–H groups in total. The third-order valence-electron chi connectivity index (χ3n) is 3.19. The Morgan fingerprint density at radius 2 is 2.24 bits per heavy atom. The van der Waals surface area contributed by atoms with Gasteiger partial charge in [-0.3, -0.25) is 9.59 Å². The van der Waals surface area contributed by atoms with Crippen molar-refractivity contribution in [3.63, 3.8) is 0 Å². The summed E-state index contributed by atoms with van der Waals surface area (Å²) in [6, 6.07) is 0. The van der Waals surface area contributed by atoms with Gasteiger partial charge in [0.2, 0.25) is 11.8 Å². The number of hydrogen-bond donors (Lipinski definition) is 2. The van der Waals surface area contributed by atoms with Gasteiger partial charge in [0.05, 0.1) is 0 Å². The standard InChI is InChI=1S/C12H23N3O2/c1-12(2,7-13)8-15(3)11(17)9-4-5-14-10(16)6-9/h9H,4-8,13H2,1-3H3,(H,14,16). The molecule has 0 aliphatic carbocycles. The van der Waals surface area contributed by atoms with Crippen LogP contribution in [0.25, 0.3) is 0 Å². The molecule has 0 aromatic carbocycles. The molecule has 1 fully saturated rings. The van der Waals surface area contributed by atoms with Crippen LogP contribution in [-0.2, 0) is 9.59 Å². The Morgan fingerprint density at radius 3 is 2.76 bits per heavy atom. The van der Waals surface area contributed by atoms with Gasteiger partial charge in [-0.15, -0.1) is 0 Å². The lowest BCUT2D eigenvalue weighted by molar-refractivity contribution is -0.139. The molecule has 0 aromatic heterocycles. The molecule has 1 rings (SSSR count). The van der Waals surface area contributed by atoms with Crippen molar-refractivity contribution in [2.24, 2.45) is 17.1 Å². The van der Waals surface area contributed by atoms with Gasteiger partial charge in [0.25, 0.3) is 0 Å². The highest BCUT2D eigenvalue weighted by Gasteiger charge is 2.30. The second-order valence-corrected chi connectivity index (χ2v) is 5.60. The number of carbonyl (C=O) groups is 2. The molecule has 1 aliphatic rings. The van der Waals surface area contributed by atoms with Crippen LogP contribution < -0.4 is 11.1 Å². The predicted octanol–water partition coefficient (Wildman–Crippen LogP) is -0.0441. The molecular formula is C12H23N3O2. The summed E-state index contributed by atoms with van der Waals surface area (Å²) in [6.45, 7) is 5.83. The monoisotopic (exact) mass is 241 g/mol. The molecule has 17 heavy (non-hydrogen) atoms. The average Bonchev–Trinajstić information content (AvgIpc) is 2.27. The zero-order valence-electron chi connectivity index (χ0n) is 11.0. The van der Waals surface area contributed by atoms with Crippen molar-refractivity contribution < 1.29 is 9.59 Å². The van der Waals surface area contributed by atoms with Crippen LogP contribution in [-0.4, -0.2) is 43.4 Å². The number of rotatable bonds is 4. The van der Waals surface area contributed by atoms with Gasteiger partial charge in [-0.2, -0.15) is 0 Å². The Hall–Kier alpha value is -1.10. The van der Waals surface area contributed by atoms with Crippen LogP contribution in [0.15, 0.2) is 0 Å². The molecule has 1 heterocycles. The maximum absolute atomic E-state index is 12.1. The highest BCUT2D eigenvalue weighted by Crippen LogP contribution is 2.19. The third kappa shape index (κ3) is 4.00. The highest BCUT2D eigenvalue weighted by molar-refractivity contribution is 5.86. The molecule has 0 spiro atoms. The summed E-state index contributed by atoms with van der Waals surface area (Å²) in [7, 11) is 1.78. The molecule has 1 unspecified atom stereocenters. The van der Waals surface area contributed by atoms with Gasteiger partial charge in [-0.1, -0.05) is 13.8 Å². The van der Waals surface area contributed by atoms with Crippen LogP contribution in [0.5, 0.6) is 0 Å². The summed E-state index contributed by atoms with van der Waals surface area (Å²) >= 11 is 0. The molecule has 0 bridgehead atoms. The Bertz CT molecular complexity index is 302. The van der Waals surface area contributed by atoms with E-state index in [9.17, 15) is 9.59 Å². The maximum atomic E-state index is 12.1. The van der Waals surface area contributed by atoms with Crippen LogP contribution in [0.1, 0.15) is 26.7 Å². The first-order valence-corrected chi connectivity index (χ1v) is 6.07. The topological polar surface area (TPSA) is 75.4 Å². The maximum Gasteiger partial charge on any atom is 0.226 e. The number of amides is 2. The van der Waals surface area contributed by atoms with Gasteiger partial charge in [0.15, 0.2) is 0 Å². The zero-order chi connectivity index (χ0) is 13.1. The van der Waals surface area contributed by atoms with Crippen LogP contribution in [0.2, 0.25) is 0 Å². The second kappa shape index (κ2) is 5.49. The van der Waals surface area contributed by atoms with Crippen LogP contribution in [0, 0.1) is 11.3 Å². The summed E-state index contributed by atoms with van der Waals surface area (Å²) in [5.41, 5.74) is 5.57. The molecule has 5 nitrogen and oxygen atoms in total. The molecule has 98 valence electrons. The van der Waals surface area contributed by atoms with Gasteiger partial charge in [0.1, 0.15) is 0 Å². The molecule has 0 aromatic rings. The van der Waals surface area contributed by atoms with Gasteiger partial charge in [-0.05, 0) is 18.4 Å². The molecule has 0 radical (unpaired) electrons. The van der Waals surface area contributed by atoms with E-state index in [2.05, 4.69) is 5.32 Å². The van der Waals surface area contributed by atoms with Crippen LogP contribution in [0.4, 0.5) is 0 Å². The fraction of sp³-hybridized carbons (Fsp3) is 0.833. The Labute approximate surface area is 103 Å². The normalized spacial score (nSPS) is 20.9. The Morgan fingerprint density at radius 1 is 1.59 bits per heavy atom. The van der Waals surface area contributed by atoms with Crippen molar-refractivity contribution in [3.8, 4) is 0 Å². The molecular weight excluding hydrogens is 218 g/mol. The SMILES string of the molecule is CN(CC(C)(C)CN)C(=O)C1CCNC(=O)C1. The number of piperidine rings is 1. The zero-order valence-corrected chi connectivity index (χ0v) is 11.0. The number of hydrogen-bond acceptors (Lipinski definition) is 3. The largest absolute Gasteiger partial charge is 0.356 e. The van der Waals surface area contributed by atoms with Crippen molar-refractivity contribution in [2.75, 3.05) is 26.7 Å². The number of nitrogens with one attached hydrogen (secondary N) is 1. The van der Waals surface area contributed by atoms with Crippen molar-refractivity contribution >= 4 is 11.8 Å². The molecule has 1 saturated heterocycles. The van der Waals surface area contributed by atoms with Crippen molar-refractivity contribution in [1.29, 1.82) is 0 Å². The summed E-state index contributed by atoms with van der Waals surface area (Å²) in [5, 5.41) is 2.74. The van der Waals surface area contributed by atoms with Gasteiger partial charge in [0, 0.05) is 32.5 Å². The van der Waals surface area contributed by atoms with E-state index in [1.807, 2.05) is 13.8 Å². The first-order valence-electron chi connectivity index (χ1n) is 6.07. The highest BCUT2D eigenvalue weighted by atomic mass is 16.2. The van der Waals surface area contributed by atoms with E-state index in [4.69, 9.17) is 5.73 Å². The van der Waals surface area contributed by atoms with E-state index in [0.29, 0.717) is 26.1 Å². The van der Waals surface area contributed by atoms with E-state index in [1.54, 1.807) is 11.9 Å². The van der Waals surface area contributed by atoms with Gasteiger partial charge >= 0.3 is 0 Å². The smallest absolute Gasteiger partial charge is 0.226 e. The minimum Gasteiger partial charge on any atom is -0.356 e. The fourth-order valence-corrected chi connectivity index (χ4v) is 2.09. The molecule has 5 heteroatoms. The number of nitrogens with two attached hydrogens (primary N) is 1. The summed E-state index contributed by atoms with van der Waals surface area (Å²) in [5.74, 6) is -0.134. The number of nitrogens with zero attached hydrogens (tertiary/aromatic N) is 1. The van der Waals surface area contributed by atoms with E-state index < -0.39 is 0 Å². The minimum atomic E-state index is -0.165. The van der Waals surface area contributed by atoms with E-state index >= 15 is 0 Å². The number of carbonyl (C=O) groups excluding carboxylic acids is 2. The van der Waals surface area contributed by atoms with Crippen LogP contribution in [0.3, 0.4) is 0 Å². The lowest BCUT2D eigenvalue weighted by Crippen LogP contribution is -2.45. The molecule has 1 atom stereocenters. The summed E-state index contributed by atoms with van der Waals surface area (Å²) in [6.07, 6.45) is 1.05. The predicted molar refractivity (Wildman–Crippen MR) is 66.2 cm³/mol. The van der Waals surface area contributed by atoms with Crippen molar-refractivity contribution in [1.82, 2.24) is 10.2 Å². The van der Waals surface area contributed by atoms with Gasteiger partial charge < -0.3 is 16.0 Å². The third-order valence-corrected chi connectivity index (χ3v) is 3.19. The fourth-order valence-electron chi connectivity index (χ4n) is 2.09. The second-order valence-electron chi connectivity index (χ2n) is 5.60.